The largest absolute Gasteiger partial charge is 0.496 e. The van der Waals surface area contributed by atoms with E-state index in [0.29, 0.717) is 12.6 Å². The van der Waals surface area contributed by atoms with Crippen LogP contribution in [0, 0.1) is 0 Å². The summed E-state index contributed by atoms with van der Waals surface area (Å²) in [6.07, 6.45) is 2.28. The Morgan fingerprint density at radius 2 is 2.21 bits per heavy atom. The molecule has 1 fully saturated rings. The van der Waals surface area contributed by atoms with Gasteiger partial charge >= 0.3 is 0 Å². The highest BCUT2D eigenvalue weighted by Crippen LogP contribution is 2.35. The van der Waals surface area contributed by atoms with Gasteiger partial charge in [-0.25, -0.2) is 0 Å². The van der Waals surface area contributed by atoms with E-state index in [0.717, 1.165) is 30.7 Å². The first-order chi connectivity index (χ1) is 11.7. The highest BCUT2D eigenvalue weighted by molar-refractivity contribution is 7.10. The molecule has 3 rings (SSSR count). The van der Waals surface area contributed by atoms with Crippen molar-refractivity contribution in [3.63, 3.8) is 0 Å². The molecular weight excluding hydrogens is 320 g/mol. The minimum absolute atomic E-state index is 0.0735. The summed E-state index contributed by atoms with van der Waals surface area (Å²) in [5.74, 6) is 0.882. The maximum atomic E-state index is 12.6. The number of methoxy groups -OCH3 is 1. The topological polar surface area (TPSA) is 41.6 Å². The predicted octanol–water partition coefficient (Wildman–Crippen LogP) is 3.60. The number of benzene rings is 1. The summed E-state index contributed by atoms with van der Waals surface area (Å²) in [4.78, 5) is 16.3. The number of para-hydroxylation sites is 1. The molecule has 128 valence electrons. The molecule has 2 aromatic rings. The molecule has 0 saturated carbocycles. The Hall–Kier alpha value is -1.85. The molecule has 1 aromatic heterocycles. The average molecular weight is 344 g/mol. The predicted molar refractivity (Wildman–Crippen MR) is 97.3 cm³/mol. The van der Waals surface area contributed by atoms with Gasteiger partial charge in [-0.3, -0.25) is 9.69 Å². The van der Waals surface area contributed by atoms with Crippen molar-refractivity contribution in [1.29, 1.82) is 0 Å². The number of nitrogens with zero attached hydrogens (tertiary/aromatic N) is 1. The summed E-state index contributed by atoms with van der Waals surface area (Å²) in [6, 6.07) is 12.3. The fourth-order valence-electron chi connectivity index (χ4n) is 3.37. The number of thiophene rings is 1. The first-order valence-corrected chi connectivity index (χ1v) is 9.27. The molecule has 24 heavy (non-hydrogen) atoms. The van der Waals surface area contributed by atoms with Crippen LogP contribution in [0.5, 0.6) is 5.75 Å². The maximum Gasteiger partial charge on any atom is 0.237 e. The molecule has 1 aromatic carbocycles. The second-order valence-electron chi connectivity index (χ2n) is 6.12. The van der Waals surface area contributed by atoms with Crippen molar-refractivity contribution in [2.75, 3.05) is 13.7 Å². The zero-order chi connectivity index (χ0) is 16.9. The number of hydrogen-bond donors (Lipinski definition) is 1. The number of carbonyl (C=O) groups excluding carboxylic acids is 1. The summed E-state index contributed by atoms with van der Waals surface area (Å²) in [6.45, 7) is 3.47. The van der Waals surface area contributed by atoms with Gasteiger partial charge < -0.3 is 10.1 Å². The summed E-state index contributed by atoms with van der Waals surface area (Å²) >= 11 is 1.78. The maximum absolute atomic E-state index is 12.6. The number of carbonyl (C=O) groups is 1. The number of likely N-dealkylation sites (tertiary alicyclic amines) is 1. The van der Waals surface area contributed by atoms with E-state index in [9.17, 15) is 4.79 Å². The van der Waals surface area contributed by atoms with Crippen molar-refractivity contribution in [3.8, 4) is 5.75 Å². The Bertz CT molecular complexity index is 672. The number of rotatable bonds is 6. The molecular formula is C19H24N2O2S. The van der Waals surface area contributed by atoms with Crippen LogP contribution in [0.2, 0.25) is 0 Å². The third-order valence-corrected chi connectivity index (χ3v) is 5.66. The molecule has 5 heteroatoms. The van der Waals surface area contributed by atoms with E-state index in [2.05, 4.69) is 27.7 Å². The van der Waals surface area contributed by atoms with Crippen molar-refractivity contribution in [2.24, 2.45) is 0 Å². The smallest absolute Gasteiger partial charge is 0.237 e. The first-order valence-electron chi connectivity index (χ1n) is 8.39. The monoisotopic (exact) mass is 344 g/mol. The summed E-state index contributed by atoms with van der Waals surface area (Å²) < 4.78 is 5.34. The molecule has 2 unspecified atom stereocenters. The van der Waals surface area contributed by atoms with Crippen LogP contribution in [0.3, 0.4) is 0 Å². The standard InChI is InChI=1S/C19H24N2O2S/c1-14(21-11-5-8-16(21)18-10-6-12-24-18)19(22)20-13-15-7-3-4-9-17(15)23-2/h3-4,6-7,9-10,12,14,16H,5,8,11,13H2,1-2H3,(H,20,22). The molecule has 1 saturated heterocycles. The van der Waals surface area contributed by atoms with Gasteiger partial charge in [0.05, 0.1) is 13.2 Å². The Kier molecular flexibility index (Phi) is 5.53. The third-order valence-electron chi connectivity index (χ3n) is 4.69. The van der Waals surface area contributed by atoms with E-state index in [1.165, 1.54) is 4.88 Å². The van der Waals surface area contributed by atoms with Gasteiger partial charge in [0.25, 0.3) is 0 Å². The number of ether oxygens (including phenoxy) is 1. The highest BCUT2D eigenvalue weighted by Gasteiger charge is 2.33. The third kappa shape index (κ3) is 3.62. The molecule has 2 heterocycles. The second kappa shape index (κ2) is 7.81. The van der Waals surface area contributed by atoms with Crippen LogP contribution in [0.4, 0.5) is 0 Å². The van der Waals surface area contributed by atoms with Gasteiger partial charge in [0.15, 0.2) is 0 Å². The lowest BCUT2D eigenvalue weighted by Gasteiger charge is -2.29. The second-order valence-corrected chi connectivity index (χ2v) is 7.10. The van der Waals surface area contributed by atoms with Crippen LogP contribution in [-0.2, 0) is 11.3 Å². The molecule has 1 N–H and O–H groups in total. The van der Waals surface area contributed by atoms with E-state index >= 15 is 0 Å². The SMILES string of the molecule is COc1ccccc1CNC(=O)C(C)N1CCCC1c1cccs1. The van der Waals surface area contributed by atoms with Gasteiger partial charge in [-0.05, 0) is 43.8 Å². The van der Waals surface area contributed by atoms with Crippen molar-refractivity contribution in [1.82, 2.24) is 10.2 Å². The van der Waals surface area contributed by atoms with Crippen molar-refractivity contribution < 1.29 is 9.53 Å². The lowest BCUT2D eigenvalue weighted by molar-refractivity contribution is -0.126. The Morgan fingerprint density at radius 3 is 2.96 bits per heavy atom. The van der Waals surface area contributed by atoms with Gasteiger partial charge in [-0.2, -0.15) is 0 Å². The molecule has 0 spiro atoms. The van der Waals surface area contributed by atoms with Crippen molar-refractivity contribution in [2.45, 2.75) is 38.4 Å². The number of nitrogens with one attached hydrogen (secondary N) is 1. The van der Waals surface area contributed by atoms with Crippen LogP contribution >= 0.6 is 11.3 Å². The zero-order valence-corrected chi connectivity index (χ0v) is 15.0. The summed E-state index contributed by atoms with van der Waals surface area (Å²) in [5, 5.41) is 5.17. The van der Waals surface area contributed by atoms with E-state index in [1.54, 1.807) is 18.4 Å². The summed E-state index contributed by atoms with van der Waals surface area (Å²) in [5.41, 5.74) is 0.997. The van der Waals surface area contributed by atoms with Gasteiger partial charge in [-0.1, -0.05) is 24.3 Å². The lowest BCUT2D eigenvalue weighted by atomic mass is 10.1. The molecule has 1 amide bonds. The Labute approximate surface area is 147 Å². The van der Waals surface area contributed by atoms with Gasteiger partial charge in [-0.15, -0.1) is 11.3 Å². The molecule has 4 nitrogen and oxygen atoms in total. The Morgan fingerprint density at radius 1 is 1.38 bits per heavy atom. The first kappa shape index (κ1) is 17.0. The minimum atomic E-state index is -0.130. The fraction of sp³-hybridized carbons (Fsp3) is 0.421. The lowest BCUT2D eigenvalue weighted by Crippen LogP contribution is -2.44. The van der Waals surface area contributed by atoms with Gasteiger partial charge in [0.1, 0.15) is 5.75 Å². The van der Waals surface area contributed by atoms with E-state index in [-0.39, 0.29) is 11.9 Å². The number of amides is 1. The fourth-order valence-corrected chi connectivity index (χ4v) is 4.25. The van der Waals surface area contributed by atoms with Crippen molar-refractivity contribution in [3.05, 3.63) is 52.2 Å². The Balaban J connectivity index is 1.62. The molecule has 0 radical (unpaired) electrons. The van der Waals surface area contributed by atoms with Crippen LogP contribution in [-0.4, -0.2) is 30.5 Å². The highest BCUT2D eigenvalue weighted by atomic mass is 32.1. The quantitative estimate of drug-likeness (QED) is 0.870. The van der Waals surface area contributed by atoms with Gasteiger partial charge in [0.2, 0.25) is 5.91 Å². The van der Waals surface area contributed by atoms with E-state index < -0.39 is 0 Å². The summed E-state index contributed by atoms with van der Waals surface area (Å²) in [7, 11) is 1.65. The van der Waals surface area contributed by atoms with Crippen LogP contribution < -0.4 is 10.1 Å². The molecule has 1 aliphatic heterocycles. The molecule has 1 aliphatic rings. The van der Waals surface area contributed by atoms with Crippen molar-refractivity contribution >= 4 is 17.2 Å². The average Bonchev–Trinajstić information content (AvgIpc) is 3.29. The van der Waals surface area contributed by atoms with Gasteiger partial charge in [0, 0.05) is 23.0 Å². The normalized spacial score (nSPS) is 19.2. The number of hydrogen-bond acceptors (Lipinski definition) is 4. The molecule has 0 aliphatic carbocycles. The zero-order valence-electron chi connectivity index (χ0n) is 14.2. The van der Waals surface area contributed by atoms with E-state index in [4.69, 9.17) is 4.74 Å². The molecule has 0 bridgehead atoms. The van der Waals surface area contributed by atoms with Crippen LogP contribution in [0.1, 0.15) is 36.2 Å². The minimum Gasteiger partial charge on any atom is -0.496 e. The van der Waals surface area contributed by atoms with Crippen LogP contribution in [0.25, 0.3) is 0 Å². The van der Waals surface area contributed by atoms with Crippen LogP contribution in [0.15, 0.2) is 41.8 Å². The molecule has 2 atom stereocenters. The van der Waals surface area contributed by atoms with E-state index in [1.807, 2.05) is 31.2 Å².